The Morgan fingerprint density at radius 3 is 2.76 bits per heavy atom. The van der Waals surface area contributed by atoms with Gasteiger partial charge in [0.2, 0.25) is 0 Å². The fraction of sp³-hybridized carbons (Fsp3) is 0.182. The normalized spacial score (nSPS) is 12.6. The second-order valence-corrected chi connectivity index (χ2v) is 6.55. The number of rotatable bonds is 3. The molecule has 0 aromatic carbocycles. The lowest BCUT2D eigenvalue weighted by atomic mass is 10.1. The summed E-state index contributed by atoms with van der Waals surface area (Å²) in [6, 6.07) is 3.34. The topological polar surface area (TPSA) is 57.5 Å². The zero-order valence-corrected chi connectivity index (χ0v) is 12.0. The van der Waals surface area contributed by atoms with E-state index in [9.17, 15) is 9.90 Å². The van der Waals surface area contributed by atoms with Gasteiger partial charge in [-0.15, -0.1) is 22.7 Å². The summed E-state index contributed by atoms with van der Waals surface area (Å²) < 4.78 is 0.935. The van der Waals surface area contributed by atoms with Gasteiger partial charge in [0.15, 0.2) is 0 Å². The van der Waals surface area contributed by atoms with Gasteiger partial charge < -0.3 is 10.2 Å². The Bertz CT molecular complexity index is 539. The molecular formula is C11H9BrO3S2. The van der Waals surface area contributed by atoms with E-state index in [1.165, 1.54) is 28.7 Å². The van der Waals surface area contributed by atoms with Crippen LogP contribution < -0.4 is 0 Å². The minimum atomic E-state index is -1.01. The summed E-state index contributed by atoms with van der Waals surface area (Å²) in [5.41, 5.74) is 0.171. The van der Waals surface area contributed by atoms with Crippen molar-refractivity contribution in [3.63, 3.8) is 0 Å². The summed E-state index contributed by atoms with van der Waals surface area (Å²) in [7, 11) is 0. The Kier molecular flexibility index (Phi) is 3.67. The summed E-state index contributed by atoms with van der Waals surface area (Å²) in [5.74, 6) is -1.01. The fourth-order valence-corrected chi connectivity index (χ4v) is 3.98. The maximum Gasteiger partial charge on any atom is 0.336 e. The summed E-state index contributed by atoms with van der Waals surface area (Å²) >= 11 is 6.10. The van der Waals surface area contributed by atoms with Crippen LogP contribution in [0, 0.1) is 6.92 Å². The van der Waals surface area contributed by atoms with E-state index >= 15 is 0 Å². The summed E-state index contributed by atoms with van der Waals surface area (Å²) in [5, 5.41) is 20.9. The second kappa shape index (κ2) is 4.89. The van der Waals surface area contributed by atoms with Crippen molar-refractivity contribution < 1.29 is 15.0 Å². The number of hydrogen-bond acceptors (Lipinski definition) is 4. The molecule has 0 aliphatic rings. The quantitative estimate of drug-likeness (QED) is 0.901. The van der Waals surface area contributed by atoms with Gasteiger partial charge in [-0.05, 0) is 40.4 Å². The minimum absolute atomic E-state index is 0.171. The number of hydrogen-bond donors (Lipinski definition) is 2. The zero-order valence-electron chi connectivity index (χ0n) is 8.81. The average molecular weight is 333 g/mol. The molecule has 90 valence electrons. The fourth-order valence-electron chi connectivity index (χ4n) is 1.45. The van der Waals surface area contributed by atoms with Crippen LogP contribution in [-0.4, -0.2) is 16.2 Å². The van der Waals surface area contributed by atoms with Gasteiger partial charge in [0, 0.05) is 14.2 Å². The molecule has 0 spiro atoms. The molecule has 0 aliphatic heterocycles. The number of aromatic carboxylic acids is 1. The number of aliphatic hydroxyl groups is 1. The van der Waals surface area contributed by atoms with E-state index in [1.54, 1.807) is 5.38 Å². The van der Waals surface area contributed by atoms with Gasteiger partial charge in [-0.1, -0.05) is 0 Å². The monoisotopic (exact) mass is 332 g/mol. The summed E-state index contributed by atoms with van der Waals surface area (Å²) in [4.78, 5) is 13.3. The van der Waals surface area contributed by atoms with Gasteiger partial charge in [0.05, 0.1) is 10.4 Å². The van der Waals surface area contributed by atoms with Crippen LogP contribution in [0.2, 0.25) is 0 Å². The van der Waals surface area contributed by atoms with E-state index in [1.807, 2.05) is 13.0 Å². The molecule has 0 bridgehead atoms. The van der Waals surface area contributed by atoms with Gasteiger partial charge in [-0.3, -0.25) is 0 Å². The van der Waals surface area contributed by atoms with Gasteiger partial charge in [0.1, 0.15) is 6.10 Å². The zero-order chi connectivity index (χ0) is 12.6. The Labute approximate surface area is 114 Å². The van der Waals surface area contributed by atoms with Gasteiger partial charge >= 0.3 is 5.97 Å². The number of carboxylic acid groups (broad SMARTS) is 1. The first kappa shape index (κ1) is 12.8. The lowest BCUT2D eigenvalue weighted by Gasteiger charge is -2.07. The van der Waals surface area contributed by atoms with Gasteiger partial charge in [-0.2, -0.15) is 0 Å². The predicted octanol–water partition coefficient (Wildman–Crippen LogP) is 3.66. The molecule has 2 rings (SSSR count). The van der Waals surface area contributed by atoms with E-state index in [0.717, 1.165) is 14.2 Å². The van der Waals surface area contributed by atoms with Crippen molar-refractivity contribution >= 4 is 44.6 Å². The van der Waals surface area contributed by atoms with Crippen LogP contribution >= 0.6 is 38.6 Å². The first-order chi connectivity index (χ1) is 8.00. The second-order valence-electron chi connectivity index (χ2n) is 3.46. The van der Waals surface area contributed by atoms with Crippen molar-refractivity contribution in [2.24, 2.45) is 0 Å². The van der Waals surface area contributed by atoms with Crippen LogP contribution in [0.5, 0.6) is 0 Å². The number of thiophene rings is 2. The molecule has 1 unspecified atom stereocenters. The number of carboxylic acids is 1. The molecule has 6 heteroatoms. The third kappa shape index (κ3) is 2.44. The van der Waals surface area contributed by atoms with Crippen LogP contribution in [-0.2, 0) is 0 Å². The number of halogens is 1. The first-order valence-corrected chi connectivity index (χ1v) is 7.24. The molecule has 2 heterocycles. The molecule has 0 radical (unpaired) electrons. The van der Waals surface area contributed by atoms with Crippen LogP contribution in [0.1, 0.15) is 31.1 Å². The van der Waals surface area contributed by atoms with Gasteiger partial charge in [-0.25, -0.2) is 4.79 Å². The van der Waals surface area contributed by atoms with Crippen LogP contribution in [0.4, 0.5) is 0 Å². The number of carbonyl (C=O) groups is 1. The predicted molar refractivity (Wildman–Crippen MR) is 72.1 cm³/mol. The van der Waals surface area contributed by atoms with Crippen molar-refractivity contribution in [1.29, 1.82) is 0 Å². The largest absolute Gasteiger partial charge is 0.478 e. The first-order valence-electron chi connectivity index (χ1n) is 4.75. The molecule has 0 saturated carbocycles. The van der Waals surface area contributed by atoms with Crippen molar-refractivity contribution in [1.82, 2.24) is 0 Å². The van der Waals surface area contributed by atoms with Crippen molar-refractivity contribution in [2.75, 3.05) is 0 Å². The number of aliphatic hydroxyl groups excluding tert-OH is 1. The lowest BCUT2D eigenvalue weighted by molar-refractivity contribution is 0.0692. The molecule has 2 N–H and O–H groups in total. The maximum absolute atomic E-state index is 11.0. The average Bonchev–Trinajstić information content (AvgIpc) is 2.85. The highest BCUT2D eigenvalue weighted by Crippen LogP contribution is 2.36. The molecule has 0 amide bonds. The minimum Gasteiger partial charge on any atom is -0.478 e. The third-order valence-electron chi connectivity index (χ3n) is 2.32. The molecule has 0 fully saturated rings. The highest BCUT2D eigenvalue weighted by atomic mass is 79.9. The van der Waals surface area contributed by atoms with E-state index < -0.39 is 12.1 Å². The SMILES string of the molecule is Cc1sc(C(O)c2sccc2C(=O)O)cc1Br. The van der Waals surface area contributed by atoms with Gasteiger partial charge in [0.25, 0.3) is 0 Å². The molecule has 2 aromatic rings. The molecule has 2 aromatic heterocycles. The van der Waals surface area contributed by atoms with E-state index in [4.69, 9.17) is 5.11 Å². The molecule has 0 aliphatic carbocycles. The summed E-state index contributed by atoms with van der Waals surface area (Å²) in [6.45, 7) is 1.94. The highest BCUT2D eigenvalue weighted by molar-refractivity contribution is 9.10. The standard InChI is InChI=1S/C11H9BrO3S2/c1-5-7(12)4-8(17-5)9(13)10-6(11(14)15)2-3-16-10/h2-4,9,13H,1H3,(H,14,15). The van der Waals surface area contributed by atoms with Crippen molar-refractivity contribution in [2.45, 2.75) is 13.0 Å². The smallest absolute Gasteiger partial charge is 0.336 e. The van der Waals surface area contributed by atoms with Crippen LogP contribution in [0.15, 0.2) is 22.0 Å². The Morgan fingerprint density at radius 2 is 2.24 bits per heavy atom. The Morgan fingerprint density at radius 1 is 1.53 bits per heavy atom. The number of aryl methyl sites for hydroxylation is 1. The Balaban J connectivity index is 2.40. The molecule has 0 saturated heterocycles. The molecule has 3 nitrogen and oxygen atoms in total. The third-order valence-corrected chi connectivity index (χ3v) is 5.48. The lowest BCUT2D eigenvalue weighted by Crippen LogP contribution is -2.03. The van der Waals surface area contributed by atoms with E-state index in [2.05, 4.69) is 15.9 Å². The highest BCUT2D eigenvalue weighted by Gasteiger charge is 2.22. The maximum atomic E-state index is 11.0. The van der Waals surface area contributed by atoms with Crippen molar-refractivity contribution in [3.8, 4) is 0 Å². The Hall–Kier alpha value is -0.690. The van der Waals surface area contributed by atoms with Crippen LogP contribution in [0.3, 0.4) is 0 Å². The molecule has 1 atom stereocenters. The molecule has 17 heavy (non-hydrogen) atoms. The van der Waals surface area contributed by atoms with Crippen LogP contribution in [0.25, 0.3) is 0 Å². The van der Waals surface area contributed by atoms with E-state index in [-0.39, 0.29) is 5.56 Å². The molecular weight excluding hydrogens is 324 g/mol. The summed E-state index contributed by atoms with van der Waals surface area (Å²) in [6.07, 6.45) is -0.865. The van der Waals surface area contributed by atoms with Crippen molar-refractivity contribution in [3.05, 3.63) is 42.2 Å². The van der Waals surface area contributed by atoms with E-state index in [0.29, 0.717) is 4.88 Å².